The van der Waals surface area contributed by atoms with Crippen molar-refractivity contribution < 1.29 is 32.2 Å². The van der Waals surface area contributed by atoms with Crippen LogP contribution in [0.5, 0.6) is 0 Å². The van der Waals surface area contributed by atoms with Gasteiger partial charge in [0, 0.05) is 17.1 Å². The average Bonchev–Trinajstić information content (AvgIpc) is 1.38. The number of carboxylic acid groups (broad SMARTS) is 1. The summed E-state index contributed by atoms with van der Waals surface area (Å²) in [5.41, 5.74) is 0.944. The van der Waals surface area contributed by atoms with Crippen molar-refractivity contribution in [3.63, 3.8) is 0 Å². The number of hydrogen-bond donors (Lipinski definition) is 3. The smallest absolute Gasteiger partial charge is 0.428 e. The standard InChI is InChI=1S/CH3NO3.Cu/c3-1(4)2-5;/h2,5H,(H,3,4);. The fourth-order valence-corrected chi connectivity index (χ4v) is 0. The summed E-state index contributed by atoms with van der Waals surface area (Å²) in [5.74, 6) is 0. The minimum absolute atomic E-state index is 0. The van der Waals surface area contributed by atoms with E-state index in [1.807, 2.05) is 0 Å². The summed E-state index contributed by atoms with van der Waals surface area (Å²) in [6, 6.07) is 0. The monoisotopic (exact) mass is 140 g/mol. The molecule has 6 heavy (non-hydrogen) atoms. The van der Waals surface area contributed by atoms with Gasteiger partial charge in [0.05, 0.1) is 0 Å². The Morgan fingerprint density at radius 3 is 1.83 bits per heavy atom. The van der Waals surface area contributed by atoms with Crippen molar-refractivity contribution in [1.82, 2.24) is 5.48 Å². The van der Waals surface area contributed by atoms with Crippen molar-refractivity contribution in [1.29, 1.82) is 0 Å². The van der Waals surface area contributed by atoms with Crippen LogP contribution in [0.3, 0.4) is 0 Å². The Labute approximate surface area is 44.6 Å². The van der Waals surface area contributed by atoms with Crippen LogP contribution in [0.1, 0.15) is 0 Å². The van der Waals surface area contributed by atoms with Crippen LogP contribution in [0.15, 0.2) is 0 Å². The summed E-state index contributed by atoms with van der Waals surface area (Å²) in [7, 11) is 0. The molecule has 3 N–H and O–H groups in total. The zero-order valence-electron chi connectivity index (χ0n) is 2.60. The largest absolute Gasteiger partial charge is 0.464 e. The first-order valence-corrected chi connectivity index (χ1v) is 0.901. The molecule has 0 bridgehead atoms. The first-order chi connectivity index (χ1) is 2.27. The Morgan fingerprint density at radius 1 is 1.67 bits per heavy atom. The molecule has 0 aliphatic carbocycles. The Bertz CT molecular complexity index is 46.1. The molecule has 0 atom stereocenters. The summed E-state index contributed by atoms with van der Waals surface area (Å²) >= 11 is 0. The third-order valence-electron chi connectivity index (χ3n) is 0.0956. The van der Waals surface area contributed by atoms with Gasteiger partial charge in [-0.3, -0.25) is 5.21 Å². The Morgan fingerprint density at radius 2 is 1.83 bits per heavy atom. The summed E-state index contributed by atoms with van der Waals surface area (Å²) in [5, 5.41) is 14.7. The minimum atomic E-state index is -1.44. The van der Waals surface area contributed by atoms with Crippen molar-refractivity contribution in [3.8, 4) is 0 Å². The Kier molecular flexibility index (Phi) is 7.30. The quantitative estimate of drug-likeness (QED) is 0.245. The molecule has 41 valence electrons. The van der Waals surface area contributed by atoms with Crippen LogP contribution in [-0.2, 0) is 17.1 Å². The predicted molar refractivity (Wildman–Crippen MR) is 12.9 cm³/mol. The molecule has 0 aromatic heterocycles. The van der Waals surface area contributed by atoms with E-state index in [2.05, 4.69) is 0 Å². The van der Waals surface area contributed by atoms with Crippen molar-refractivity contribution in [3.05, 3.63) is 0 Å². The molecule has 0 saturated heterocycles. The van der Waals surface area contributed by atoms with E-state index in [0.29, 0.717) is 0 Å². The summed E-state index contributed by atoms with van der Waals surface area (Å²) in [4.78, 5) is 9.01. The van der Waals surface area contributed by atoms with Gasteiger partial charge in [0.25, 0.3) is 0 Å². The Balaban J connectivity index is 0. The van der Waals surface area contributed by atoms with E-state index in [9.17, 15) is 0 Å². The molecule has 5 heteroatoms. The maximum Gasteiger partial charge on any atom is 0.428 e. The molecule has 0 aromatic rings. The normalized spacial score (nSPS) is 5.50. The summed E-state index contributed by atoms with van der Waals surface area (Å²) in [6.07, 6.45) is -1.44. The van der Waals surface area contributed by atoms with Gasteiger partial charge in [-0.25, -0.2) is 10.3 Å². The molecule has 0 fully saturated rings. The SMILES string of the molecule is O=C(O)NO.[Cu]. The topological polar surface area (TPSA) is 69.6 Å². The second-order valence-corrected chi connectivity index (χ2v) is 0.417. The molecule has 0 rings (SSSR count). The van der Waals surface area contributed by atoms with Gasteiger partial charge in [0.15, 0.2) is 0 Å². The van der Waals surface area contributed by atoms with Gasteiger partial charge in [-0.15, -0.1) is 0 Å². The van der Waals surface area contributed by atoms with E-state index in [0.717, 1.165) is 5.48 Å². The number of amides is 1. The fraction of sp³-hybridized carbons (Fsp3) is 0. The van der Waals surface area contributed by atoms with E-state index < -0.39 is 6.09 Å². The molecular weight excluding hydrogens is 138 g/mol. The van der Waals surface area contributed by atoms with Crippen LogP contribution < -0.4 is 5.48 Å². The molecule has 0 spiro atoms. The number of carbonyl (C=O) groups is 1. The summed E-state index contributed by atoms with van der Waals surface area (Å²) in [6.45, 7) is 0. The van der Waals surface area contributed by atoms with E-state index >= 15 is 0 Å². The minimum Gasteiger partial charge on any atom is -0.464 e. The van der Waals surface area contributed by atoms with Crippen molar-refractivity contribution in [2.45, 2.75) is 0 Å². The second kappa shape index (κ2) is 4.75. The zero-order valence-corrected chi connectivity index (χ0v) is 3.55. The predicted octanol–water partition coefficient (Wildman–Crippen LogP) is -0.359. The molecule has 0 unspecified atom stereocenters. The van der Waals surface area contributed by atoms with Crippen molar-refractivity contribution in [2.24, 2.45) is 0 Å². The van der Waals surface area contributed by atoms with E-state index in [1.165, 1.54) is 0 Å². The first-order valence-electron chi connectivity index (χ1n) is 0.901. The van der Waals surface area contributed by atoms with E-state index in [1.54, 1.807) is 0 Å². The van der Waals surface area contributed by atoms with Gasteiger partial charge < -0.3 is 5.11 Å². The van der Waals surface area contributed by atoms with Crippen LogP contribution >= 0.6 is 0 Å². The van der Waals surface area contributed by atoms with Gasteiger partial charge in [-0.05, 0) is 0 Å². The maximum atomic E-state index is 9.01. The molecular formula is CH3CuNO3. The van der Waals surface area contributed by atoms with Crippen LogP contribution in [0, 0.1) is 0 Å². The van der Waals surface area contributed by atoms with Gasteiger partial charge in [-0.2, -0.15) is 0 Å². The number of hydroxylamine groups is 1. The number of hydrogen-bond acceptors (Lipinski definition) is 2. The second-order valence-electron chi connectivity index (χ2n) is 0.417. The molecule has 4 nitrogen and oxygen atoms in total. The molecule has 0 aliphatic rings. The molecule has 1 radical (unpaired) electrons. The van der Waals surface area contributed by atoms with Crippen molar-refractivity contribution >= 4 is 6.09 Å². The maximum absolute atomic E-state index is 9.01. The Hall–Kier alpha value is -0.251. The summed E-state index contributed by atoms with van der Waals surface area (Å²) < 4.78 is 0. The third kappa shape index (κ3) is 9.26. The van der Waals surface area contributed by atoms with Gasteiger partial charge in [0.1, 0.15) is 0 Å². The van der Waals surface area contributed by atoms with Crippen molar-refractivity contribution in [2.75, 3.05) is 0 Å². The first kappa shape index (κ1) is 9.23. The number of nitrogens with one attached hydrogen (secondary N) is 1. The van der Waals surface area contributed by atoms with Gasteiger partial charge in [-0.1, -0.05) is 0 Å². The molecule has 0 saturated carbocycles. The molecule has 0 heterocycles. The van der Waals surface area contributed by atoms with E-state index in [4.69, 9.17) is 15.1 Å². The molecule has 1 amide bonds. The van der Waals surface area contributed by atoms with Gasteiger partial charge in [0.2, 0.25) is 0 Å². The third-order valence-corrected chi connectivity index (χ3v) is 0.0956. The van der Waals surface area contributed by atoms with Crippen LogP contribution in [-0.4, -0.2) is 16.4 Å². The van der Waals surface area contributed by atoms with Crippen LogP contribution in [0.4, 0.5) is 4.79 Å². The van der Waals surface area contributed by atoms with Crippen LogP contribution in [0.25, 0.3) is 0 Å². The van der Waals surface area contributed by atoms with E-state index in [-0.39, 0.29) is 17.1 Å². The fourth-order valence-electron chi connectivity index (χ4n) is 0. The van der Waals surface area contributed by atoms with Crippen LogP contribution in [0.2, 0.25) is 0 Å². The molecule has 0 aromatic carbocycles. The number of rotatable bonds is 0. The average molecular weight is 141 g/mol. The molecule has 0 aliphatic heterocycles. The van der Waals surface area contributed by atoms with Gasteiger partial charge >= 0.3 is 6.09 Å². The zero-order chi connectivity index (χ0) is 4.28.